The van der Waals surface area contributed by atoms with Crippen LogP contribution in [0, 0.1) is 0 Å². The van der Waals surface area contributed by atoms with Gasteiger partial charge in [-0.15, -0.1) is 11.8 Å². The van der Waals surface area contributed by atoms with Crippen molar-refractivity contribution in [3.8, 4) is 0 Å². The number of thioether (sulfide) groups is 2. The van der Waals surface area contributed by atoms with Gasteiger partial charge >= 0.3 is 0 Å². The third-order valence-corrected chi connectivity index (χ3v) is 5.46. The van der Waals surface area contributed by atoms with E-state index in [1.165, 1.54) is 82.1 Å². The molecule has 1 aliphatic carbocycles. The second-order valence-corrected chi connectivity index (χ2v) is 7.44. The van der Waals surface area contributed by atoms with Crippen LogP contribution in [-0.2, 0) is 0 Å². The second kappa shape index (κ2) is 12.5. The predicted octanol–water partition coefficient (Wildman–Crippen LogP) is 6.27. The molecule has 0 fully saturated rings. The number of hydrogen-bond acceptors (Lipinski definition) is 2. The Bertz CT molecular complexity index is 211. The van der Waals surface area contributed by atoms with Crippen LogP contribution in [0.1, 0.15) is 70.6 Å². The molecule has 0 aromatic rings. The second-order valence-electron chi connectivity index (χ2n) is 5.23. The molecule has 0 bridgehead atoms. The molecule has 18 heavy (non-hydrogen) atoms. The number of allylic oxidation sites excluding steroid dienone is 2. The normalized spacial score (nSPS) is 22.6. The third-order valence-electron chi connectivity index (χ3n) is 3.53. The molecule has 0 saturated heterocycles. The summed E-state index contributed by atoms with van der Waals surface area (Å²) in [5, 5.41) is 0. The van der Waals surface area contributed by atoms with E-state index in [0.717, 1.165) is 0 Å². The minimum atomic E-state index is 1.32. The molecule has 0 atom stereocenters. The van der Waals surface area contributed by atoms with Gasteiger partial charge in [-0.1, -0.05) is 44.6 Å². The van der Waals surface area contributed by atoms with Gasteiger partial charge in [0.1, 0.15) is 0 Å². The fourth-order valence-corrected chi connectivity index (χ4v) is 4.10. The molecular weight excluding hydrogens is 256 g/mol. The molecule has 1 rings (SSSR count). The first-order valence-electron chi connectivity index (χ1n) is 7.74. The first-order chi connectivity index (χ1) is 8.93. The summed E-state index contributed by atoms with van der Waals surface area (Å²) in [7, 11) is 0. The summed E-state index contributed by atoms with van der Waals surface area (Å²) in [6.07, 6.45) is 20.4. The van der Waals surface area contributed by atoms with E-state index in [1.54, 1.807) is 4.91 Å². The fourth-order valence-electron chi connectivity index (χ4n) is 2.41. The van der Waals surface area contributed by atoms with Crippen LogP contribution in [-0.4, -0.2) is 17.8 Å². The maximum Gasteiger partial charge on any atom is -0.00155 e. The highest BCUT2D eigenvalue weighted by Gasteiger charge is 2.01. The standard InChI is InChI=1S/C16H30S2/c1-17-14-11-15-18-16-12-9-7-5-3-2-4-6-8-10-13-16/h12H,2-11,13-15H2,1H3/b16-12+. The summed E-state index contributed by atoms with van der Waals surface area (Å²) in [6.45, 7) is 0. The van der Waals surface area contributed by atoms with Crippen molar-refractivity contribution in [2.75, 3.05) is 17.8 Å². The molecule has 0 amide bonds. The Balaban J connectivity index is 2.25. The van der Waals surface area contributed by atoms with Crippen LogP contribution in [0.5, 0.6) is 0 Å². The van der Waals surface area contributed by atoms with E-state index in [-0.39, 0.29) is 0 Å². The summed E-state index contributed by atoms with van der Waals surface area (Å²) in [5.41, 5.74) is 0. The van der Waals surface area contributed by atoms with E-state index in [4.69, 9.17) is 0 Å². The van der Waals surface area contributed by atoms with Crippen molar-refractivity contribution in [3.63, 3.8) is 0 Å². The van der Waals surface area contributed by atoms with E-state index in [2.05, 4.69) is 24.1 Å². The highest BCUT2D eigenvalue weighted by molar-refractivity contribution is 8.03. The predicted molar refractivity (Wildman–Crippen MR) is 89.7 cm³/mol. The largest absolute Gasteiger partial charge is 0.165 e. The topological polar surface area (TPSA) is 0 Å². The van der Waals surface area contributed by atoms with Gasteiger partial charge in [-0.05, 0) is 54.8 Å². The third kappa shape index (κ3) is 9.38. The maximum atomic E-state index is 2.55. The van der Waals surface area contributed by atoms with E-state index in [0.29, 0.717) is 0 Å². The van der Waals surface area contributed by atoms with E-state index in [9.17, 15) is 0 Å². The van der Waals surface area contributed by atoms with Gasteiger partial charge in [0.15, 0.2) is 0 Å². The van der Waals surface area contributed by atoms with Gasteiger partial charge in [-0.2, -0.15) is 11.8 Å². The Morgan fingerprint density at radius 3 is 2.28 bits per heavy atom. The molecule has 0 aromatic heterocycles. The molecule has 0 radical (unpaired) electrons. The van der Waals surface area contributed by atoms with Crippen molar-refractivity contribution in [3.05, 3.63) is 11.0 Å². The zero-order valence-electron chi connectivity index (χ0n) is 12.1. The SMILES string of the molecule is CSCCCS/C1=C/CCCCCCCCCC1. The van der Waals surface area contributed by atoms with Crippen molar-refractivity contribution >= 4 is 23.5 Å². The van der Waals surface area contributed by atoms with Crippen molar-refractivity contribution in [2.45, 2.75) is 70.6 Å². The smallest absolute Gasteiger partial charge is 0.00155 e. The van der Waals surface area contributed by atoms with Gasteiger partial charge < -0.3 is 0 Å². The Labute approximate surface area is 123 Å². The summed E-state index contributed by atoms with van der Waals surface area (Å²) in [5.74, 6) is 2.65. The van der Waals surface area contributed by atoms with Crippen molar-refractivity contribution in [1.82, 2.24) is 0 Å². The lowest BCUT2D eigenvalue weighted by Gasteiger charge is -2.09. The van der Waals surface area contributed by atoms with Gasteiger partial charge in [0.05, 0.1) is 0 Å². The Morgan fingerprint density at radius 2 is 1.56 bits per heavy atom. The average molecular weight is 287 g/mol. The zero-order chi connectivity index (χ0) is 12.9. The van der Waals surface area contributed by atoms with Crippen LogP contribution < -0.4 is 0 Å². The molecule has 0 heterocycles. The minimum Gasteiger partial charge on any atom is -0.165 e. The minimum absolute atomic E-state index is 1.32. The molecule has 2 heteroatoms. The van der Waals surface area contributed by atoms with Crippen LogP contribution in [0.25, 0.3) is 0 Å². The molecule has 1 aliphatic rings. The highest BCUT2D eigenvalue weighted by Crippen LogP contribution is 2.25. The van der Waals surface area contributed by atoms with Crippen LogP contribution in [0.3, 0.4) is 0 Å². The van der Waals surface area contributed by atoms with Crippen molar-refractivity contribution < 1.29 is 0 Å². The molecule has 0 nitrogen and oxygen atoms in total. The lowest BCUT2D eigenvalue weighted by Crippen LogP contribution is -1.89. The zero-order valence-corrected chi connectivity index (χ0v) is 13.7. The van der Waals surface area contributed by atoms with Gasteiger partial charge in [0.25, 0.3) is 0 Å². The Kier molecular flexibility index (Phi) is 11.4. The molecule has 0 unspecified atom stereocenters. The van der Waals surface area contributed by atoms with Crippen LogP contribution in [0.15, 0.2) is 11.0 Å². The Morgan fingerprint density at radius 1 is 0.889 bits per heavy atom. The maximum absolute atomic E-state index is 2.55. The summed E-state index contributed by atoms with van der Waals surface area (Å²) in [6, 6.07) is 0. The molecule has 0 N–H and O–H groups in total. The lowest BCUT2D eigenvalue weighted by molar-refractivity contribution is 0.565. The number of rotatable bonds is 5. The molecule has 0 spiro atoms. The van der Waals surface area contributed by atoms with Gasteiger partial charge in [-0.3, -0.25) is 0 Å². The average Bonchev–Trinajstić information content (AvgIpc) is 2.37. The monoisotopic (exact) mass is 286 g/mol. The van der Waals surface area contributed by atoms with E-state index in [1.807, 2.05) is 11.8 Å². The fraction of sp³-hybridized carbons (Fsp3) is 0.875. The molecule has 0 saturated carbocycles. The summed E-state index contributed by atoms with van der Waals surface area (Å²) >= 11 is 4.11. The van der Waals surface area contributed by atoms with Crippen LogP contribution in [0.4, 0.5) is 0 Å². The molecule has 0 aliphatic heterocycles. The highest BCUT2D eigenvalue weighted by atomic mass is 32.2. The van der Waals surface area contributed by atoms with Crippen LogP contribution >= 0.6 is 23.5 Å². The molecule has 0 aromatic carbocycles. The lowest BCUT2D eigenvalue weighted by atomic mass is 10.0. The van der Waals surface area contributed by atoms with Gasteiger partial charge in [-0.25, -0.2) is 0 Å². The van der Waals surface area contributed by atoms with E-state index >= 15 is 0 Å². The first kappa shape index (κ1) is 16.5. The van der Waals surface area contributed by atoms with Crippen LogP contribution in [0.2, 0.25) is 0 Å². The quantitative estimate of drug-likeness (QED) is 0.546. The summed E-state index contributed by atoms with van der Waals surface area (Å²) in [4.78, 5) is 1.69. The number of hydrogen-bond donors (Lipinski definition) is 0. The summed E-state index contributed by atoms with van der Waals surface area (Å²) < 4.78 is 0. The van der Waals surface area contributed by atoms with Crippen molar-refractivity contribution in [2.24, 2.45) is 0 Å². The Hall–Kier alpha value is 0.440. The van der Waals surface area contributed by atoms with Gasteiger partial charge in [0, 0.05) is 0 Å². The molecular formula is C16H30S2. The van der Waals surface area contributed by atoms with Crippen molar-refractivity contribution in [1.29, 1.82) is 0 Å². The molecule has 106 valence electrons. The van der Waals surface area contributed by atoms with E-state index < -0.39 is 0 Å². The van der Waals surface area contributed by atoms with Gasteiger partial charge in [0.2, 0.25) is 0 Å². The first-order valence-corrected chi connectivity index (χ1v) is 10.1.